The molecule has 0 unspecified atom stereocenters. The van der Waals surface area contributed by atoms with Crippen LogP contribution in [0.15, 0.2) is 41.0 Å². The third-order valence-electron chi connectivity index (χ3n) is 2.12. The fourth-order valence-corrected chi connectivity index (χ4v) is 1.37. The lowest BCUT2D eigenvalue weighted by Gasteiger charge is -1.89. The summed E-state index contributed by atoms with van der Waals surface area (Å²) in [7, 11) is 0. The van der Waals surface area contributed by atoms with Gasteiger partial charge >= 0.3 is 5.97 Å². The Balaban J connectivity index is 2.06. The fourth-order valence-electron chi connectivity index (χ4n) is 1.37. The van der Waals surface area contributed by atoms with E-state index in [9.17, 15) is 4.79 Å². The van der Waals surface area contributed by atoms with Gasteiger partial charge in [-0.25, -0.2) is 4.98 Å². The van der Waals surface area contributed by atoms with Gasteiger partial charge in [0.2, 0.25) is 5.89 Å². The van der Waals surface area contributed by atoms with Gasteiger partial charge in [-0.05, 0) is 11.6 Å². The molecular formula is C13H11NO3. The minimum atomic E-state index is -0.920. The number of carboxylic acid groups (broad SMARTS) is 1. The predicted octanol–water partition coefficient (Wildman–Crippen LogP) is 2.47. The number of carboxylic acids is 1. The molecule has 0 saturated heterocycles. The normalized spacial score (nSPS) is 10.8. The quantitative estimate of drug-likeness (QED) is 0.874. The molecule has 1 aromatic carbocycles. The Bertz CT molecular complexity index is 529. The van der Waals surface area contributed by atoms with Crippen LogP contribution in [0.25, 0.3) is 12.2 Å². The molecule has 1 N–H and O–H groups in total. The van der Waals surface area contributed by atoms with Crippen molar-refractivity contribution < 1.29 is 14.3 Å². The van der Waals surface area contributed by atoms with Crippen LogP contribution in [0.3, 0.4) is 0 Å². The van der Waals surface area contributed by atoms with Gasteiger partial charge in [0.15, 0.2) is 0 Å². The van der Waals surface area contributed by atoms with E-state index >= 15 is 0 Å². The van der Waals surface area contributed by atoms with Gasteiger partial charge < -0.3 is 9.52 Å². The Morgan fingerprint density at radius 3 is 2.76 bits per heavy atom. The largest absolute Gasteiger partial charge is 0.481 e. The summed E-state index contributed by atoms with van der Waals surface area (Å²) in [5.74, 6) is -0.512. The van der Waals surface area contributed by atoms with Gasteiger partial charge in [0.05, 0.1) is 12.1 Å². The fraction of sp³-hybridized carbons (Fsp3) is 0.0769. The lowest BCUT2D eigenvalue weighted by Crippen LogP contribution is -1.99. The van der Waals surface area contributed by atoms with Crippen LogP contribution in [-0.2, 0) is 11.2 Å². The molecule has 2 aromatic rings. The first-order chi connectivity index (χ1) is 8.24. The summed E-state index contributed by atoms with van der Waals surface area (Å²) in [5.41, 5.74) is 1.45. The first kappa shape index (κ1) is 11.1. The van der Waals surface area contributed by atoms with Crippen molar-refractivity contribution in [1.29, 1.82) is 0 Å². The maximum Gasteiger partial charge on any atom is 0.309 e. The van der Waals surface area contributed by atoms with Crippen molar-refractivity contribution in [2.45, 2.75) is 6.42 Å². The molecule has 0 amide bonds. The van der Waals surface area contributed by atoms with E-state index in [1.54, 1.807) is 6.08 Å². The standard InChI is InChI=1S/C13H11NO3/c15-13(16)8-11-9-17-12(14-11)7-6-10-4-2-1-3-5-10/h1-7,9H,8H2,(H,15,16)/b7-6+. The van der Waals surface area contributed by atoms with Gasteiger partial charge in [-0.15, -0.1) is 0 Å². The molecule has 0 fully saturated rings. The van der Waals surface area contributed by atoms with Gasteiger partial charge in [0.25, 0.3) is 0 Å². The zero-order valence-electron chi connectivity index (χ0n) is 9.04. The van der Waals surface area contributed by atoms with Crippen LogP contribution in [0.5, 0.6) is 0 Å². The molecule has 0 bridgehead atoms. The number of oxazole rings is 1. The average Bonchev–Trinajstić information content (AvgIpc) is 2.75. The summed E-state index contributed by atoms with van der Waals surface area (Å²) in [5, 5.41) is 8.58. The van der Waals surface area contributed by atoms with E-state index in [4.69, 9.17) is 9.52 Å². The number of hydrogen-bond acceptors (Lipinski definition) is 3. The number of benzene rings is 1. The smallest absolute Gasteiger partial charge is 0.309 e. The van der Waals surface area contributed by atoms with E-state index in [1.807, 2.05) is 36.4 Å². The van der Waals surface area contributed by atoms with Crippen LogP contribution in [0.2, 0.25) is 0 Å². The molecule has 0 radical (unpaired) electrons. The number of hydrogen-bond donors (Lipinski definition) is 1. The van der Waals surface area contributed by atoms with Crippen LogP contribution in [0.1, 0.15) is 17.1 Å². The molecule has 0 aliphatic rings. The predicted molar refractivity (Wildman–Crippen MR) is 63.2 cm³/mol. The highest BCUT2D eigenvalue weighted by atomic mass is 16.4. The molecule has 86 valence electrons. The lowest BCUT2D eigenvalue weighted by atomic mass is 10.2. The molecule has 4 nitrogen and oxygen atoms in total. The zero-order valence-corrected chi connectivity index (χ0v) is 9.04. The third kappa shape index (κ3) is 3.31. The maximum absolute atomic E-state index is 10.5. The number of aliphatic carboxylic acids is 1. The Morgan fingerprint density at radius 2 is 2.06 bits per heavy atom. The highest BCUT2D eigenvalue weighted by molar-refractivity contribution is 5.70. The number of carbonyl (C=O) groups is 1. The molecule has 17 heavy (non-hydrogen) atoms. The minimum absolute atomic E-state index is 0.122. The molecular weight excluding hydrogens is 218 g/mol. The minimum Gasteiger partial charge on any atom is -0.481 e. The van der Waals surface area contributed by atoms with Crippen molar-refractivity contribution in [1.82, 2.24) is 4.98 Å². The van der Waals surface area contributed by atoms with E-state index < -0.39 is 5.97 Å². The van der Waals surface area contributed by atoms with E-state index in [2.05, 4.69) is 4.98 Å². The van der Waals surface area contributed by atoms with Crippen LogP contribution < -0.4 is 0 Å². The molecule has 4 heteroatoms. The summed E-state index contributed by atoms with van der Waals surface area (Å²) in [4.78, 5) is 14.5. The summed E-state index contributed by atoms with van der Waals surface area (Å²) < 4.78 is 5.13. The Labute approximate surface area is 98.2 Å². The van der Waals surface area contributed by atoms with Crippen molar-refractivity contribution in [3.63, 3.8) is 0 Å². The number of rotatable bonds is 4. The molecule has 1 heterocycles. The molecule has 0 aliphatic heterocycles. The summed E-state index contributed by atoms with van der Waals surface area (Å²) in [6, 6.07) is 9.72. The maximum atomic E-state index is 10.5. The summed E-state index contributed by atoms with van der Waals surface area (Å²) in [6.45, 7) is 0. The van der Waals surface area contributed by atoms with Crippen molar-refractivity contribution in [3.05, 3.63) is 53.7 Å². The molecule has 0 atom stereocenters. The summed E-state index contributed by atoms with van der Waals surface area (Å²) in [6.07, 6.45) is 4.80. The molecule has 2 rings (SSSR count). The van der Waals surface area contributed by atoms with E-state index in [1.165, 1.54) is 6.26 Å². The van der Waals surface area contributed by atoms with Crippen LogP contribution >= 0.6 is 0 Å². The molecule has 0 spiro atoms. The van der Waals surface area contributed by atoms with Gasteiger partial charge in [-0.2, -0.15) is 0 Å². The molecule has 1 aromatic heterocycles. The van der Waals surface area contributed by atoms with Crippen LogP contribution in [-0.4, -0.2) is 16.1 Å². The van der Waals surface area contributed by atoms with Crippen LogP contribution in [0, 0.1) is 0 Å². The zero-order chi connectivity index (χ0) is 12.1. The summed E-state index contributed by atoms with van der Waals surface area (Å²) >= 11 is 0. The SMILES string of the molecule is O=C(O)Cc1coc(/C=C/c2ccccc2)n1. The number of aromatic nitrogens is 1. The first-order valence-corrected chi connectivity index (χ1v) is 5.13. The Hall–Kier alpha value is -2.36. The third-order valence-corrected chi connectivity index (χ3v) is 2.12. The molecule has 0 aliphatic carbocycles. The van der Waals surface area contributed by atoms with Crippen LogP contribution in [0.4, 0.5) is 0 Å². The topological polar surface area (TPSA) is 63.3 Å². The van der Waals surface area contributed by atoms with E-state index in [-0.39, 0.29) is 6.42 Å². The Kier molecular flexibility index (Phi) is 3.35. The van der Waals surface area contributed by atoms with E-state index in [0.717, 1.165) is 5.56 Å². The van der Waals surface area contributed by atoms with Gasteiger partial charge in [-0.1, -0.05) is 30.3 Å². The first-order valence-electron chi connectivity index (χ1n) is 5.13. The second-order valence-electron chi connectivity index (χ2n) is 3.49. The van der Waals surface area contributed by atoms with Crippen molar-refractivity contribution >= 4 is 18.1 Å². The van der Waals surface area contributed by atoms with Gasteiger partial charge in [0, 0.05) is 6.08 Å². The highest BCUT2D eigenvalue weighted by Crippen LogP contribution is 2.08. The van der Waals surface area contributed by atoms with Crippen molar-refractivity contribution in [3.8, 4) is 0 Å². The second-order valence-corrected chi connectivity index (χ2v) is 3.49. The average molecular weight is 229 g/mol. The monoisotopic (exact) mass is 229 g/mol. The number of nitrogens with zero attached hydrogens (tertiary/aromatic N) is 1. The molecule has 0 saturated carbocycles. The second kappa shape index (κ2) is 5.12. The highest BCUT2D eigenvalue weighted by Gasteiger charge is 2.05. The van der Waals surface area contributed by atoms with Crippen molar-refractivity contribution in [2.24, 2.45) is 0 Å². The van der Waals surface area contributed by atoms with Gasteiger partial charge in [0.1, 0.15) is 6.26 Å². The Morgan fingerprint density at radius 1 is 1.29 bits per heavy atom. The van der Waals surface area contributed by atoms with E-state index in [0.29, 0.717) is 11.6 Å². The van der Waals surface area contributed by atoms with Gasteiger partial charge in [-0.3, -0.25) is 4.79 Å². The lowest BCUT2D eigenvalue weighted by molar-refractivity contribution is -0.136. The van der Waals surface area contributed by atoms with Crippen molar-refractivity contribution in [2.75, 3.05) is 0 Å².